The molecule has 1 aromatic carbocycles. The van der Waals surface area contributed by atoms with Crippen molar-refractivity contribution >= 4 is 5.97 Å². The van der Waals surface area contributed by atoms with Crippen LogP contribution in [-0.2, 0) is 11.3 Å². The molecule has 0 fully saturated rings. The van der Waals surface area contributed by atoms with Gasteiger partial charge >= 0.3 is 5.97 Å². The molecular formula is C12H17NO3. The highest BCUT2D eigenvalue weighted by molar-refractivity contribution is 5.69. The van der Waals surface area contributed by atoms with Crippen molar-refractivity contribution in [2.45, 2.75) is 20.4 Å². The van der Waals surface area contributed by atoms with Gasteiger partial charge in [0.15, 0.2) is 0 Å². The van der Waals surface area contributed by atoms with Gasteiger partial charge < -0.3 is 15.2 Å². The summed E-state index contributed by atoms with van der Waals surface area (Å²) in [4.78, 5) is 10.4. The first-order chi connectivity index (χ1) is 7.54. The quantitative estimate of drug-likeness (QED) is 0.794. The average Bonchev–Trinajstić information content (AvgIpc) is 2.22. The first kappa shape index (κ1) is 12.5. The molecule has 16 heavy (non-hydrogen) atoms. The predicted molar refractivity (Wildman–Crippen MR) is 61.8 cm³/mol. The van der Waals surface area contributed by atoms with Crippen LogP contribution in [0.5, 0.6) is 5.75 Å². The minimum atomic E-state index is -0.845. The van der Waals surface area contributed by atoms with E-state index in [0.29, 0.717) is 6.54 Å². The van der Waals surface area contributed by atoms with Gasteiger partial charge in [-0.3, -0.25) is 4.79 Å². The molecule has 1 rings (SSSR count). The molecule has 0 saturated carbocycles. The summed E-state index contributed by atoms with van der Waals surface area (Å²) in [5.74, 6) is 0.0161. The Balaban J connectivity index is 2.73. The molecule has 0 radical (unpaired) electrons. The van der Waals surface area contributed by atoms with Crippen LogP contribution in [0.3, 0.4) is 0 Å². The van der Waals surface area contributed by atoms with Crippen LogP contribution in [0.1, 0.15) is 16.7 Å². The lowest BCUT2D eigenvalue weighted by Crippen LogP contribution is -2.22. The van der Waals surface area contributed by atoms with Crippen molar-refractivity contribution < 1.29 is 14.6 Å². The van der Waals surface area contributed by atoms with E-state index in [4.69, 9.17) is 9.84 Å². The Labute approximate surface area is 95.2 Å². The van der Waals surface area contributed by atoms with Crippen LogP contribution in [0.2, 0.25) is 0 Å². The SMILES string of the molecule is COc1cc(C)c(CNCC(=O)O)cc1C. The third-order valence-corrected chi connectivity index (χ3v) is 2.45. The summed E-state index contributed by atoms with van der Waals surface area (Å²) in [5, 5.41) is 11.4. The van der Waals surface area contributed by atoms with Crippen LogP contribution in [-0.4, -0.2) is 24.7 Å². The highest BCUT2D eigenvalue weighted by Gasteiger charge is 2.05. The predicted octanol–water partition coefficient (Wildman–Crippen LogP) is 1.49. The van der Waals surface area contributed by atoms with Gasteiger partial charge in [-0.2, -0.15) is 0 Å². The molecule has 0 aromatic heterocycles. The summed E-state index contributed by atoms with van der Waals surface area (Å²) >= 11 is 0. The van der Waals surface area contributed by atoms with Gasteiger partial charge in [0, 0.05) is 6.54 Å². The minimum absolute atomic E-state index is 0.0233. The van der Waals surface area contributed by atoms with Crippen molar-refractivity contribution in [1.29, 1.82) is 0 Å². The number of benzene rings is 1. The van der Waals surface area contributed by atoms with E-state index in [1.807, 2.05) is 26.0 Å². The standard InChI is InChI=1S/C12H17NO3/c1-8-5-11(16-3)9(2)4-10(8)6-13-7-12(14)15/h4-5,13H,6-7H2,1-3H3,(H,14,15). The fourth-order valence-corrected chi connectivity index (χ4v) is 1.56. The molecule has 4 heteroatoms. The van der Waals surface area contributed by atoms with Crippen molar-refractivity contribution in [3.8, 4) is 5.75 Å². The Hall–Kier alpha value is -1.55. The van der Waals surface area contributed by atoms with E-state index in [1.54, 1.807) is 7.11 Å². The molecule has 0 atom stereocenters. The van der Waals surface area contributed by atoms with Gasteiger partial charge in [-0.15, -0.1) is 0 Å². The molecule has 0 aliphatic heterocycles. The van der Waals surface area contributed by atoms with E-state index in [1.165, 1.54) is 0 Å². The molecule has 0 heterocycles. The number of carboxylic acid groups (broad SMARTS) is 1. The maximum atomic E-state index is 10.4. The summed E-state index contributed by atoms with van der Waals surface area (Å²) in [7, 11) is 1.64. The number of hydrogen-bond donors (Lipinski definition) is 2. The fraction of sp³-hybridized carbons (Fsp3) is 0.417. The van der Waals surface area contributed by atoms with E-state index in [0.717, 1.165) is 22.4 Å². The highest BCUT2D eigenvalue weighted by atomic mass is 16.5. The summed E-state index contributed by atoms with van der Waals surface area (Å²) in [5.41, 5.74) is 3.25. The van der Waals surface area contributed by atoms with Crippen LogP contribution in [0.25, 0.3) is 0 Å². The van der Waals surface area contributed by atoms with Crippen LogP contribution in [0, 0.1) is 13.8 Å². The minimum Gasteiger partial charge on any atom is -0.496 e. The Morgan fingerprint density at radius 3 is 2.62 bits per heavy atom. The molecule has 0 amide bonds. The molecule has 1 aromatic rings. The number of carbonyl (C=O) groups is 1. The molecule has 4 nitrogen and oxygen atoms in total. The lowest BCUT2D eigenvalue weighted by molar-refractivity contribution is -0.135. The van der Waals surface area contributed by atoms with Gasteiger partial charge in [-0.05, 0) is 36.6 Å². The zero-order chi connectivity index (χ0) is 12.1. The normalized spacial score (nSPS) is 10.2. The van der Waals surface area contributed by atoms with Gasteiger partial charge in [0.25, 0.3) is 0 Å². The molecular weight excluding hydrogens is 206 g/mol. The van der Waals surface area contributed by atoms with Crippen LogP contribution in [0.15, 0.2) is 12.1 Å². The Kier molecular flexibility index (Phi) is 4.31. The van der Waals surface area contributed by atoms with Crippen molar-refractivity contribution in [2.24, 2.45) is 0 Å². The second-order valence-corrected chi connectivity index (χ2v) is 3.75. The highest BCUT2D eigenvalue weighted by Crippen LogP contribution is 2.22. The second-order valence-electron chi connectivity index (χ2n) is 3.75. The van der Waals surface area contributed by atoms with E-state index in [-0.39, 0.29) is 6.54 Å². The summed E-state index contributed by atoms with van der Waals surface area (Å²) in [6.07, 6.45) is 0. The van der Waals surface area contributed by atoms with Crippen LogP contribution in [0.4, 0.5) is 0 Å². The monoisotopic (exact) mass is 223 g/mol. The summed E-state index contributed by atoms with van der Waals surface area (Å²) in [6, 6.07) is 3.98. The van der Waals surface area contributed by atoms with E-state index < -0.39 is 5.97 Å². The molecule has 2 N–H and O–H groups in total. The third kappa shape index (κ3) is 3.24. The number of methoxy groups -OCH3 is 1. The van der Waals surface area contributed by atoms with Crippen LogP contribution >= 0.6 is 0 Å². The van der Waals surface area contributed by atoms with Crippen molar-refractivity contribution in [2.75, 3.05) is 13.7 Å². The number of nitrogens with one attached hydrogen (secondary N) is 1. The number of aliphatic carboxylic acids is 1. The number of hydrogen-bond acceptors (Lipinski definition) is 3. The zero-order valence-corrected chi connectivity index (χ0v) is 9.83. The second kappa shape index (κ2) is 5.51. The third-order valence-electron chi connectivity index (χ3n) is 2.45. The Morgan fingerprint density at radius 2 is 2.06 bits per heavy atom. The molecule has 0 saturated heterocycles. The topological polar surface area (TPSA) is 58.6 Å². The van der Waals surface area contributed by atoms with Crippen molar-refractivity contribution in [3.63, 3.8) is 0 Å². The summed E-state index contributed by atoms with van der Waals surface area (Å²) < 4.78 is 5.21. The van der Waals surface area contributed by atoms with Gasteiger partial charge in [-0.25, -0.2) is 0 Å². The Bertz CT molecular complexity index is 388. The smallest absolute Gasteiger partial charge is 0.317 e. The van der Waals surface area contributed by atoms with Gasteiger partial charge in [0.1, 0.15) is 5.75 Å². The van der Waals surface area contributed by atoms with E-state index in [2.05, 4.69) is 5.32 Å². The molecule has 0 aliphatic rings. The lowest BCUT2D eigenvalue weighted by Gasteiger charge is -2.11. The molecule has 0 bridgehead atoms. The first-order valence-electron chi connectivity index (χ1n) is 5.11. The Morgan fingerprint density at radius 1 is 1.38 bits per heavy atom. The number of ether oxygens (including phenoxy) is 1. The average molecular weight is 223 g/mol. The molecule has 0 unspecified atom stereocenters. The summed E-state index contributed by atoms with van der Waals surface area (Å²) in [6.45, 7) is 4.49. The fourth-order valence-electron chi connectivity index (χ4n) is 1.56. The van der Waals surface area contributed by atoms with Gasteiger partial charge in [-0.1, -0.05) is 6.07 Å². The lowest BCUT2D eigenvalue weighted by atomic mass is 10.0. The van der Waals surface area contributed by atoms with Crippen LogP contribution < -0.4 is 10.1 Å². The number of aryl methyl sites for hydroxylation is 2. The number of rotatable bonds is 5. The maximum absolute atomic E-state index is 10.4. The molecule has 0 spiro atoms. The van der Waals surface area contributed by atoms with Crippen molar-refractivity contribution in [1.82, 2.24) is 5.32 Å². The van der Waals surface area contributed by atoms with Gasteiger partial charge in [0.2, 0.25) is 0 Å². The number of carboxylic acids is 1. The first-order valence-corrected chi connectivity index (χ1v) is 5.11. The van der Waals surface area contributed by atoms with Gasteiger partial charge in [0.05, 0.1) is 13.7 Å². The van der Waals surface area contributed by atoms with E-state index >= 15 is 0 Å². The molecule has 0 aliphatic carbocycles. The largest absolute Gasteiger partial charge is 0.496 e. The maximum Gasteiger partial charge on any atom is 0.317 e. The van der Waals surface area contributed by atoms with Crippen molar-refractivity contribution in [3.05, 3.63) is 28.8 Å². The molecule has 88 valence electrons. The zero-order valence-electron chi connectivity index (χ0n) is 9.83. The van der Waals surface area contributed by atoms with E-state index in [9.17, 15) is 4.79 Å².